The number of primary amides is 2. The highest BCUT2D eigenvalue weighted by Gasteiger charge is 2.04. The van der Waals surface area contributed by atoms with Crippen LogP contribution in [0.1, 0.15) is 0 Å². The minimum Gasteiger partial charge on any atom is -0.350 e. The first kappa shape index (κ1) is 13.4. The molecule has 0 bridgehead atoms. The van der Waals surface area contributed by atoms with Gasteiger partial charge in [-0.2, -0.15) is 0 Å². The van der Waals surface area contributed by atoms with Crippen molar-refractivity contribution in [1.29, 1.82) is 0 Å². The van der Waals surface area contributed by atoms with Gasteiger partial charge in [-0.3, -0.25) is 10.0 Å². The minimum absolute atomic E-state index is 0.274. The average Bonchev–Trinajstić information content (AvgIpc) is 2.16. The Bertz CT molecular complexity index is 200. The van der Waals surface area contributed by atoms with E-state index in [0.29, 0.717) is 13.1 Å². The molecule has 0 radical (unpaired) electrons. The van der Waals surface area contributed by atoms with Crippen molar-refractivity contribution in [1.82, 2.24) is 15.3 Å². The number of carbonyl (C=O) groups is 2. The molecule has 0 unspecified atom stereocenters. The van der Waals surface area contributed by atoms with E-state index in [9.17, 15) is 9.59 Å². The molecule has 0 saturated heterocycles. The number of rotatable bonds is 6. The molecule has 0 aliphatic carbocycles. The Morgan fingerprint density at radius 1 is 0.933 bits per heavy atom. The van der Waals surface area contributed by atoms with Gasteiger partial charge < -0.3 is 16.8 Å². The summed E-state index contributed by atoms with van der Waals surface area (Å²) in [7, 11) is 0. The summed E-state index contributed by atoms with van der Waals surface area (Å²) in [5.41, 5.74) is 9.77. The fraction of sp³-hybridized carbons (Fsp3) is 0.667. The Balaban J connectivity index is 3.40. The lowest BCUT2D eigenvalue weighted by atomic mass is 10.5. The summed E-state index contributed by atoms with van der Waals surface area (Å²) < 4.78 is 0. The first-order chi connectivity index (χ1) is 6.95. The van der Waals surface area contributed by atoms with Gasteiger partial charge in [0.25, 0.3) is 0 Å². The Kier molecular flexibility index (Phi) is 6.09. The highest BCUT2D eigenvalue weighted by atomic mass is 16.2. The van der Waals surface area contributed by atoms with E-state index in [-0.39, 0.29) is 13.1 Å². The van der Waals surface area contributed by atoms with Crippen LogP contribution in [0, 0.1) is 0 Å². The summed E-state index contributed by atoms with van der Waals surface area (Å²) in [4.78, 5) is 20.9. The van der Waals surface area contributed by atoms with Crippen molar-refractivity contribution in [3.05, 3.63) is 0 Å². The van der Waals surface area contributed by atoms with Crippen molar-refractivity contribution in [3.63, 3.8) is 0 Å². The maximum absolute atomic E-state index is 10.5. The highest BCUT2D eigenvalue weighted by molar-refractivity contribution is 5.71. The normalized spacial score (nSPS) is 9.73. The van der Waals surface area contributed by atoms with Gasteiger partial charge in [0.15, 0.2) is 0 Å². The van der Waals surface area contributed by atoms with E-state index in [1.165, 1.54) is 0 Å². The van der Waals surface area contributed by atoms with E-state index >= 15 is 0 Å². The molecule has 0 aromatic carbocycles. The number of hydrazine groups is 2. The summed E-state index contributed by atoms with van der Waals surface area (Å²) >= 11 is 0. The summed E-state index contributed by atoms with van der Waals surface area (Å²) in [6.45, 7) is 1.45. The van der Waals surface area contributed by atoms with Crippen molar-refractivity contribution in [2.24, 2.45) is 23.2 Å². The number of nitrogens with one attached hydrogen (secondary N) is 1. The fourth-order valence-electron chi connectivity index (χ4n) is 0.744. The van der Waals surface area contributed by atoms with Crippen LogP contribution in [0.3, 0.4) is 0 Å². The molecule has 0 heterocycles. The van der Waals surface area contributed by atoms with Gasteiger partial charge in [-0.05, 0) is 0 Å². The fourth-order valence-corrected chi connectivity index (χ4v) is 0.744. The predicted molar refractivity (Wildman–Crippen MR) is 53.8 cm³/mol. The van der Waals surface area contributed by atoms with Gasteiger partial charge in [0, 0.05) is 13.1 Å². The molecule has 0 aromatic rings. The zero-order valence-electron chi connectivity index (χ0n) is 8.35. The minimum atomic E-state index is -0.700. The van der Waals surface area contributed by atoms with E-state index in [1.807, 2.05) is 0 Å². The molecule has 9 nitrogen and oxygen atoms in total. The third-order valence-corrected chi connectivity index (χ3v) is 1.63. The van der Waals surface area contributed by atoms with Gasteiger partial charge >= 0.3 is 12.1 Å². The monoisotopic (exact) mass is 219 g/mol. The quantitative estimate of drug-likeness (QED) is 0.140. The van der Waals surface area contributed by atoms with Crippen LogP contribution in [-0.2, 0) is 0 Å². The SMILES string of the molecule is NC(=O)N(N)CCNCCN(N)C(N)=O. The van der Waals surface area contributed by atoms with Crippen LogP contribution < -0.4 is 28.5 Å². The van der Waals surface area contributed by atoms with E-state index in [1.54, 1.807) is 0 Å². The molecule has 0 spiro atoms. The molecule has 88 valence electrons. The summed E-state index contributed by atoms with van der Waals surface area (Å²) in [6, 6.07) is -1.40. The number of carbonyl (C=O) groups excluding carboxylic acids is 2. The van der Waals surface area contributed by atoms with E-state index in [4.69, 9.17) is 23.2 Å². The van der Waals surface area contributed by atoms with Crippen LogP contribution in [0.5, 0.6) is 0 Å². The standard InChI is InChI=1S/C6H17N7O2/c7-5(14)12(9)3-1-11-2-4-13(10)6(8)15/h11H,1-4,9-10H2,(H2,7,14)(H2,8,15). The molecule has 0 atom stereocenters. The van der Waals surface area contributed by atoms with Crippen LogP contribution >= 0.6 is 0 Å². The molecular weight excluding hydrogens is 202 g/mol. The topological polar surface area (TPSA) is 157 Å². The molecule has 0 saturated carbocycles. The average molecular weight is 219 g/mol. The lowest BCUT2D eigenvalue weighted by Gasteiger charge is -2.16. The summed E-state index contributed by atoms with van der Waals surface area (Å²) in [6.07, 6.45) is 0. The number of hydrogen-bond acceptors (Lipinski definition) is 5. The number of nitrogens with two attached hydrogens (primary N) is 4. The van der Waals surface area contributed by atoms with Gasteiger partial charge in [-0.1, -0.05) is 0 Å². The van der Waals surface area contributed by atoms with Crippen LogP contribution in [0.25, 0.3) is 0 Å². The van der Waals surface area contributed by atoms with E-state index in [0.717, 1.165) is 10.0 Å². The molecular formula is C6H17N7O2. The van der Waals surface area contributed by atoms with Crippen LogP contribution in [-0.4, -0.2) is 48.3 Å². The Hall–Kier alpha value is -1.58. The first-order valence-corrected chi connectivity index (χ1v) is 4.29. The third-order valence-electron chi connectivity index (χ3n) is 1.63. The zero-order chi connectivity index (χ0) is 11.8. The lowest BCUT2D eigenvalue weighted by Crippen LogP contribution is -2.47. The zero-order valence-corrected chi connectivity index (χ0v) is 8.35. The van der Waals surface area contributed by atoms with Crippen molar-refractivity contribution in [2.45, 2.75) is 0 Å². The van der Waals surface area contributed by atoms with Gasteiger partial charge in [0.2, 0.25) is 0 Å². The molecule has 9 N–H and O–H groups in total. The van der Waals surface area contributed by atoms with Crippen molar-refractivity contribution in [2.75, 3.05) is 26.2 Å². The molecule has 9 heteroatoms. The second-order valence-electron chi connectivity index (χ2n) is 2.81. The summed E-state index contributed by atoms with van der Waals surface area (Å²) in [5, 5.41) is 4.65. The van der Waals surface area contributed by atoms with E-state index in [2.05, 4.69) is 5.32 Å². The third kappa shape index (κ3) is 6.49. The summed E-state index contributed by atoms with van der Waals surface area (Å²) in [5.74, 6) is 10.4. The molecule has 4 amide bonds. The highest BCUT2D eigenvalue weighted by Crippen LogP contribution is 1.76. The number of hydrogen-bond donors (Lipinski definition) is 5. The largest absolute Gasteiger partial charge is 0.350 e. The van der Waals surface area contributed by atoms with E-state index < -0.39 is 12.1 Å². The lowest BCUT2D eigenvalue weighted by molar-refractivity contribution is 0.205. The van der Waals surface area contributed by atoms with Crippen molar-refractivity contribution < 1.29 is 9.59 Å². The Labute approximate surface area is 87.3 Å². The van der Waals surface area contributed by atoms with Gasteiger partial charge in [-0.15, -0.1) is 0 Å². The molecule has 0 aliphatic rings. The second kappa shape index (κ2) is 6.81. The van der Waals surface area contributed by atoms with Gasteiger partial charge in [0.1, 0.15) is 0 Å². The number of urea groups is 2. The number of nitrogens with zero attached hydrogens (tertiary/aromatic N) is 2. The molecule has 0 aliphatic heterocycles. The molecule has 0 rings (SSSR count). The van der Waals surface area contributed by atoms with Crippen LogP contribution in [0.4, 0.5) is 9.59 Å². The maximum Gasteiger partial charge on any atom is 0.328 e. The predicted octanol–water partition coefficient (Wildman–Crippen LogP) is -2.92. The van der Waals surface area contributed by atoms with Crippen LogP contribution in [0.2, 0.25) is 0 Å². The molecule has 0 aromatic heterocycles. The van der Waals surface area contributed by atoms with Gasteiger partial charge in [0.05, 0.1) is 13.1 Å². The van der Waals surface area contributed by atoms with Crippen molar-refractivity contribution >= 4 is 12.1 Å². The van der Waals surface area contributed by atoms with Crippen molar-refractivity contribution in [3.8, 4) is 0 Å². The van der Waals surface area contributed by atoms with Crippen LogP contribution in [0.15, 0.2) is 0 Å². The first-order valence-electron chi connectivity index (χ1n) is 4.29. The molecule has 15 heavy (non-hydrogen) atoms. The Morgan fingerprint density at radius 2 is 1.27 bits per heavy atom. The molecule has 0 fully saturated rings. The smallest absolute Gasteiger partial charge is 0.328 e. The maximum atomic E-state index is 10.5. The van der Waals surface area contributed by atoms with Gasteiger partial charge in [-0.25, -0.2) is 21.3 Å². The second-order valence-corrected chi connectivity index (χ2v) is 2.81. The number of amides is 4. The Morgan fingerprint density at radius 3 is 1.53 bits per heavy atom.